The standard InChI is InChI=1S/C28H27N3O6S/c1-31-25(15-10-11-19(34-2)20(12-15)35-3)24(16-13-21(36-4)22(37-5)14-17(16)27(31)33)26(32)30-28-29-18-8-6-7-9-23(18)38-28/h6-14,24-25H,1-5H3,(H,29,30,32)/t24-,25-/m1/s1. The fraction of sp³-hybridized carbons (Fsp3) is 0.250. The molecule has 1 aromatic heterocycles. The minimum atomic E-state index is -0.794. The number of thiazole rings is 1. The van der Waals surface area contributed by atoms with Gasteiger partial charge in [0.2, 0.25) is 5.91 Å². The third-order valence-electron chi connectivity index (χ3n) is 6.73. The molecular formula is C28H27N3O6S. The predicted octanol–water partition coefficient (Wildman–Crippen LogP) is 4.88. The number of para-hydroxylation sites is 1. The van der Waals surface area contributed by atoms with Crippen LogP contribution < -0.4 is 24.3 Å². The molecular weight excluding hydrogens is 506 g/mol. The lowest BCUT2D eigenvalue weighted by atomic mass is 9.79. The van der Waals surface area contributed by atoms with Crippen molar-refractivity contribution in [1.29, 1.82) is 0 Å². The second-order valence-electron chi connectivity index (χ2n) is 8.72. The van der Waals surface area contributed by atoms with E-state index in [1.165, 1.54) is 25.6 Å². The molecule has 0 saturated carbocycles. The van der Waals surface area contributed by atoms with Crippen LogP contribution in [0.3, 0.4) is 0 Å². The monoisotopic (exact) mass is 533 g/mol. The largest absolute Gasteiger partial charge is 0.493 e. The van der Waals surface area contributed by atoms with Gasteiger partial charge in [0.25, 0.3) is 5.91 Å². The van der Waals surface area contributed by atoms with E-state index in [4.69, 9.17) is 18.9 Å². The zero-order valence-corrected chi connectivity index (χ0v) is 22.4. The summed E-state index contributed by atoms with van der Waals surface area (Å²) in [5, 5.41) is 3.47. The summed E-state index contributed by atoms with van der Waals surface area (Å²) < 4.78 is 22.8. The third kappa shape index (κ3) is 4.26. The van der Waals surface area contributed by atoms with Crippen molar-refractivity contribution in [2.24, 2.45) is 0 Å². The van der Waals surface area contributed by atoms with Gasteiger partial charge in [-0.15, -0.1) is 0 Å². The highest BCUT2D eigenvalue weighted by atomic mass is 32.1. The maximum Gasteiger partial charge on any atom is 0.254 e. The highest BCUT2D eigenvalue weighted by molar-refractivity contribution is 7.22. The molecule has 0 spiro atoms. The number of hydrogen-bond acceptors (Lipinski definition) is 8. The lowest BCUT2D eigenvalue weighted by Crippen LogP contribution is -2.44. The van der Waals surface area contributed by atoms with E-state index in [1.54, 1.807) is 50.4 Å². The maximum absolute atomic E-state index is 14.1. The number of benzene rings is 3. The summed E-state index contributed by atoms with van der Waals surface area (Å²) in [6.45, 7) is 0. The van der Waals surface area contributed by atoms with E-state index >= 15 is 0 Å². The van der Waals surface area contributed by atoms with E-state index in [2.05, 4.69) is 10.3 Å². The molecule has 196 valence electrons. The molecule has 2 atom stereocenters. The number of methoxy groups -OCH3 is 4. The van der Waals surface area contributed by atoms with Crippen molar-refractivity contribution in [3.63, 3.8) is 0 Å². The van der Waals surface area contributed by atoms with E-state index in [0.717, 1.165) is 10.2 Å². The summed E-state index contributed by atoms with van der Waals surface area (Å²) in [6, 6.07) is 15.7. The van der Waals surface area contributed by atoms with Gasteiger partial charge in [-0.25, -0.2) is 4.98 Å². The average Bonchev–Trinajstić information content (AvgIpc) is 3.35. The maximum atomic E-state index is 14.1. The number of aromatic nitrogens is 1. The predicted molar refractivity (Wildman–Crippen MR) is 145 cm³/mol. The summed E-state index contributed by atoms with van der Waals surface area (Å²) in [5.74, 6) is 0.520. The lowest BCUT2D eigenvalue weighted by Gasteiger charge is -2.40. The highest BCUT2D eigenvalue weighted by Gasteiger charge is 2.44. The van der Waals surface area contributed by atoms with Crippen LogP contribution >= 0.6 is 11.3 Å². The van der Waals surface area contributed by atoms with Crippen LogP contribution in [0, 0.1) is 0 Å². The number of nitrogens with zero attached hydrogens (tertiary/aromatic N) is 2. The Morgan fingerprint density at radius 2 is 1.55 bits per heavy atom. The quantitative estimate of drug-likeness (QED) is 0.362. The van der Waals surface area contributed by atoms with Gasteiger partial charge in [-0.3, -0.25) is 9.59 Å². The van der Waals surface area contributed by atoms with E-state index in [1.807, 2.05) is 30.3 Å². The topological polar surface area (TPSA) is 99.2 Å². The van der Waals surface area contributed by atoms with Crippen LogP contribution in [0.1, 0.15) is 33.4 Å². The van der Waals surface area contributed by atoms with Crippen molar-refractivity contribution in [3.8, 4) is 23.0 Å². The summed E-state index contributed by atoms with van der Waals surface area (Å²) in [4.78, 5) is 33.8. The first-order valence-electron chi connectivity index (χ1n) is 11.8. The van der Waals surface area contributed by atoms with Gasteiger partial charge in [0.05, 0.1) is 50.6 Å². The van der Waals surface area contributed by atoms with Crippen molar-refractivity contribution in [2.75, 3.05) is 40.8 Å². The van der Waals surface area contributed by atoms with E-state index in [-0.39, 0.29) is 11.8 Å². The fourth-order valence-electron chi connectivity index (χ4n) is 4.89. The van der Waals surface area contributed by atoms with Crippen LogP contribution in [-0.2, 0) is 4.79 Å². The Bertz CT molecular complexity index is 1500. The molecule has 5 rings (SSSR count). The molecule has 0 aliphatic carbocycles. The number of ether oxygens (including phenoxy) is 4. The Balaban J connectivity index is 1.66. The van der Waals surface area contributed by atoms with E-state index < -0.39 is 12.0 Å². The van der Waals surface area contributed by atoms with Gasteiger partial charge in [0, 0.05) is 12.6 Å². The number of nitrogens with one attached hydrogen (secondary N) is 1. The van der Waals surface area contributed by atoms with Crippen LogP contribution in [0.25, 0.3) is 10.2 Å². The minimum Gasteiger partial charge on any atom is -0.493 e. The molecule has 1 N–H and O–H groups in total. The van der Waals surface area contributed by atoms with Gasteiger partial charge in [-0.2, -0.15) is 0 Å². The van der Waals surface area contributed by atoms with E-state index in [0.29, 0.717) is 44.8 Å². The molecule has 38 heavy (non-hydrogen) atoms. The number of hydrogen-bond donors (Lipinski definition) is 1. The summed E-state index contributed by atoms with van der Waals surface area (Å²) >= 11 is 1.39. The van der Waals surface area contributed by atoms with Crippen LogP contribution in [0.5, 0.6) is 23.0 Å². The van der Waals surface area contributed by atoms with Crippen LogP contribution in [-0.4, -0.2) is 57.2 Å². The Morgan fingerprint density at radius 1 is 0.895 bits per heavy atom. The molecule has 10 heteroatoms. The summed E-state index contributed by atoms with van der Waals surface area (Å²) in [5.41, 5.74) is 2.41. The van der Waals surface area contributed by atoms with Crippen LogP contribution in [0.15, 0.2) is 54.6 Å². The molecule has 9 nitrogen and oxygen atoms in total. The molecule has 0 unspecified atom stereocenters. The molecule has 0 radical (unpaired) electrons. The second-order valence-corrected chi connectivity index (χ2v) is 9.75. The minimum absolute atomic E-state index is 0.246. The van der Waals surface area contributed by atoms with Crippen molar-refractivity contribution in [3.05, 3.63) is 71.3 Å². The molecule has 2 heterocycles. The number of carbonyl (C=O) groups excluding carboxylic acids is 2. The van der Waals surface area contributed by atoms with Gasteiger partial charge in [-0.05, 0) is 47.5 Å². The first-order chi connectivity index (χ1) is 18.4. The van der Waals surface area contributed by atoms with Gasteiger partial charge in [-0.1, -0.05) is 29.5 Å². The zero-order valence-electron chi connectivity index (χ0n) is 21.6. The van der Waals surface area contributed by atoms with Crippen LogP contribution in [0.4, 0.5) is 5.13 Å². The van der Waals surface area contributed by atoms with Crippen molar-refractivity contribution < 1.29 is 28.5 Å². The van der Waals surface area contributed by atoms with Gasteiger partial charge in [0.15, 0.2) is 28.1 Å². The molecule has 2 amide bonds. The fourth-order valence-corrected chi connectivity index (χ4v) is 5.76. The SMILES string of the molecule is COc1ccc([C@@H]2[C@H](C(=O)Nc3nc4ccccc4s3)c3cc(OC)c(OC)cc3C(=O)N2C)cc1OC. The number of rotatable bonds is 7. The number of fused-ring (bicyclic) bond motifs is 2. The Kier molecular flexibility index (Phi) is 6.81. The number of likely N-dealkylation sites (N-methyl/N-ethyl adjacent to an activating group) is 1. The number of anilines is 1. The summed E-state index contributed by atoms with van der Waals surface area (Å²) in [7, 11) is 7.80. The Hall–Kier alpha value is -4.31. The highest BCUT2D eigenvalue weighted by Crippen LogP contribution is 2.47. The molecule has 0 saturated heterocycles. The number of amides is 2. The third-order valence-corrected chi connectivity index (χ3v) is 7.68. The van der Waals surface area contributed by atoms with Gasteiger partial charge in [0.1, 0.15) is 0 Å². The first-order valence-corrected chi connectivity index (χ1v) is 12.6. The van der Waals surface area contributed by atoms with Crippen molar-refractivity contribution in [1.82, 2.24) is 9.88 Å². The second kappa shape index (κ2) is 10.2. The van der Waals surface area contributed by atoms with Gasteiger partial charge >= 0.3 is 0 Å². The van der Waals surface area contributed by atoms with Crippen molar-refractivity contribution >= 4 is 38.5 Å². The van der Waals surface area contributed by atoms with Gasteiger partial charge < -0.3 is 29.2 Å². The molecule has 1 aliphatic heterocycles. The number of carbonyl (C=O) groups is 2. The molecule has 4 aromatic rings. The van der Waals surface area contributed by atoms with E-state index in [9.17, 15) is 9.59 Å². The summed E-state index contributed by atoms with van der Waals surface area (Å²) in [6.07, 6.45) is 0. The smallest absolute Gasteiger partial charge is 0.254 e. The average molecular weight is 534 g/mol. The van der Waals surface area contributed by atoms with Crippen LogP contribution in [0.2, 0.25) is 0 Å². The Morgan fingerprint density at radius 3 is 2.24 bits per heavy atom. The first kappa shape index (κ1) is 25.3. The normalized spacial score (nSPS) is 16.7. The zero-order chi connectivity index (χ0) is 27.0. The lowest BCUT2D eigenvalue weighted by molar-refractivity contribution is -0.119. The Labute approximate surface area is 223 Å². The molecule has 0 fully saturated rings. The molecule has 0 bridgehead atoms. The molecule has 1 aliphatic rings. The van der Waals surface area contributed by atoms with Crippen molar-refractivity contribution in [2.45, 2.75) is 12.0 Å². The molecule has 3 aromatic carbocycles.